The molecule has 1 saturated heterocycles. The molecule has 0 bridgehead atoms. The molecule has 1 N–H and O–H groups in total. The second kappa shape index (κ2) is 6.00. The van der Waals surface area contributed by atoms with Gasteiger partial charge in [0.05, 0.1) is 0 Å². The minimum absolute atomic E-state index is 0.153. The van der Waals surface area contributed by atoms with E-state index in [-0.39, 0.29) is 11.9 Å². The average molecular weight is 242 g/mol. The van der Waals surface area contributed by atoms with Crippen LogP contribution in [0.5, 0.6) is 0 Å². The van der Waals surface area contributed by atoms with E-state index < -0.39 is 5.54 Å². The van der Waals surface area contributed by atoms with Gasteiger partial charge in [0.25, 0.3) is 5.91 Å². The fourth-order valence-electron chi connectivity index (χ4n) is 2.38. The van der Waals surface area contributed by atoms with Crippen molar-refractivity contribution in [3.63, 3.8) is 0 Å². The third-order valence-electron chi connectivity index (χ3n) is 3.55. The zero-order valence-electron chi connectivity index (χ0n) is 10.9. The lowest BCUT2D eigenvalue weighted by Crippen LogP contribution is -2.49. The van der Waals surface area contributed by atoms with Gasteiger partial charge in [0, 0.05) is 20.3 Å². The van der Waals surface area contributed by atoms with Gasteiger partial charge in [0.15, 0.2) is 0 Å². The normalized spacial score (nSPS) is 18.6. The predicted octanol–water partition coefficient (Wildman–Crippen LogP) is 1.52. The van der Waals surface area contributed by atoms with E-state index in [1.54, 1.807) is 12.0 Å². The van der Waals surface area contributed by atoms with Gasteiger partial charge in [-0.05, 0) is 25.7 Å². The largest absolute Gasteiger partial charge is 0.385 e. The number of carbonyl (C=O) groups excluding carboxylic acids is 2. The van der Waals surface area contributed by atoms with Crippen LogP contribution < -0.4 is 5.32 Å². The lowest BCUT2D eigenvalue weighted by atomic mass is 9.91. The lowest BCUT2D eigenvalue weighted by molar-refractivity contribution is -0.127. The Balaban J connectivity index is 2.66. The van der Waals surface area contributed by atoms with Crippen molar-refractivity contribution in [2.75, 3.05) is 20.3 Å². The molecule has 3 amide bonds. The van der Waals surface area contributed by atoms with Crippen molar-refractivity contribution in [2.45, 2.75) is 45.1 Å². The molecule has 5 nitrogen and oxygen atoms in total. The fourth-order valence-corrected chi connectivity index (χ4v) is 2.38. The number of ether oxygens (including phenoxy) is 1. The molecular formula is C12H22N2O3. The smallest absolute Gasteiger partial charge is 0.325 e. The number of hydrogen-bond acceptors (Lipinski definition) is 3. The minimum atomic E-state index is -0.635. The molecule has 98 valence electrons. The first-order valence-corrected chi connectivity index (χ1v) is 6.24. The molecule has 1 rings (SSSR count). The third kappa shape index (κ3) is 2.60. The maximum atomic E-state index is 11.9. The molecule has 0 saturated carbocycles. The second-order valence-corrected chi connectivity index (χ2v) is 4.35. The highest BCUT2D eigenvalue weighted by Crippen LogP contribution is 2.29. The molecule has 0 spiro atoms. The summed E-state index contributed by atoms with van der Waals surface area (Å²) in [6, 6.07) is -0.254. The van der Waals surface area contributed by atoms with Gasteiger partial charge in [-0.1, -0.05) is 13.8 Å². The molecule has 1 heterocycles. The van der Waals surface area contributed by atoms with Gasteiger partial charge >= 0.3 is 6.03 Å². The highest BCUT2D eigenvalue weighted by Gasteiger charge is 2.49. The molecule has 5 heteroatoms. The Morgan fingerprint density at radius 2 is 1.88 bits per heavy atom. The van der Waals surface area contributed by atoms with Crippen molar-refractivity contribution in [3.8, 4) is 0 Å². The van der Waals surface area contributed by atoms with E-state index in [1.807, 2.05) is 13.8 Å². The van der Waals surface area contributed by atoms with Crippen molar-refractivity contribution < 1.29 is 14.3 Å². The molecule has 0 aromatic carbocycles. The monoisotopic (exact) mass is 242 g/mol. The zero-order chi connectivity index (χ0) is 12.9. The summed E-state index contributed by atoms with van der Waals surface area (Å²) in [5.74, 6) is -0.153. The molecular weight excluding hydrogens is 220 g/mol. The van der Waals surface area contributed by atoms with E-state index in [4.69, 9.17) is 4.74 Å². The number of carbonyl (C=O) groups is 2. The molecule has 1 aliphatic rings. The lowest BCUT2D eigenvalue weighted by Gasteiger charge is -2.33. The van der Waals surface area contributed by atoms with Crippen molar-refractivity contribution in [1.82, 2.24) is 10.2 Å². The van der Waals surface area contributed by atoms with Gasteiger partial charge in [0.2, 0.25) is 0 Å². The van der Waals surface area contributed by atoms with Crippen LogP contribution in [0, 0.1) is 0 Å². The SMILES string of the molecule is CCC1(CC)C(=O)NC(=O)N1CCCCOC. The number of hydrogen-bond donors (Lipinski definition) is 1. The van der Waals surface area contributed by atoms with Gasteiger partial charge in [-0.2, -0.15) is 0 Å². The van der Waals surface area contributed by atoms with Crippen molar-refractivity contribution >= 4 is 11.9 Å². The van der Waals surface area contributed by atoms with Gasteiger partial charge in [-0.3, -0.25) is 10.1 Å². The van der Waals surface area contributed by atoms with E-state index in [0.29, 0.717) is 26.0 Å². The number of rotatable bonds is 7. The first-order chi connectivity index (χ1) is 8.12. The van der Waals surface area contributed by atoms with E-state index in [2.05, 4.69) is 5.32 Å². The molecule has 0 unspecified atom stereocenters. The summed E-state index contributed by atoms with van der Waals surface area (Å²) in [6.07, 6.45) is 3.07. The zero-order valence-corrected chi connectivity index (χ0v) is 10.9. The van der Waals surface area contributed by atoms with Crippen molar-refractivity contribution in [1.29, 1.82) is 0 Å². The number of methoxy groups -OCH3 is 1. The average Bonchev–Trinajstić information content (AvgIpc) is 2.56. The van der Waals surface area contributed by atoms with Gasteiger partial charge in [-0.15, -0.1) is 0 Å². The van der Waals surface area contributed by atoms with Crippen molar-refractivity contribution in [3.05, 3.63) is 0 Å². The Morgan fingerprint density at radius 3 is 2.41 bits per heavy atom. The van der Waals surface area contributed by atoms with E-state index in [9.17, 15) is 9.59 Å². The van der Waals surface area contributed by atoms with E-state index >= 15 is 0 Å². The van der Waals surface area contributed by atoms with E-state index in [0.717, 1.165) is 12.8 Å². The summed E-state index contributed by atoms with van der Waals surface area (Å²) in [7, 11) is 1.66. The summed E-state index contributed by atoms with van der Waals surface area (Å²) < 4.78 is 4.97. The van der Waals surface area contributed by atoms with Crippen LogP contribution in [0.25, 0.3) is 0 Å². The minimum Gasteiger partial charge on any atom is -0.385 e. The summed E-state index contributed by atoms with van der Waals surface area (Å²) in [5, 5.41) is 2.42. The van der Waals surface area contributed by atoms with Crippen LogP contribution in [0.4, 0.5) is 4.79 Å². The van der Waals surface area contributed by atoms with Crippen molar-refractivity contribution in [2.24, 2.45) is 0 Å². The molecule has 0 radical (unpaired) electrons. The maximum absolute atomic E-state index is 11.9. The summed E-state index contributed by atoms with van der Waals surface area (Å²) in [5.41, 5.74) is -0.635. The van der Waals surface area contributed by atoms with E-state index in [1.165, 1.54) is 0 Å². The number of unbranched alkanes of at least 4 members (excludes halogenated alkanes) is 1. The van der Waals surface area contributed by atoms with Crippen LogP contribution in [0.3, 0.4) is 0 Å². The van der Waals surface area contributed by atoms with Gasteiger partial charge < -0.3 is 9.64 Å². The topological polar surface area (TPSA) is 58.6 Å². The van der Waals surface area contributed by atoms with Crippen LogP contribution in [-0.4, -0.2) is 42.6 Å². The molecule has 0 atom stereocenters. The Hall–Kier alpha value is -1.10. The fraction of sp³-hybridized carbons (Fsp3) is 0.833. The Bertz CT molecular complexity index is 287. The Morgan fingerprint density at radius 1 is 1.24 bits per heavy atom. The highest BCUT2D eigenvalue weighted by molar-refractivity contribution is 6.06. The standard InChI is InChI=1S/C12H22N2O3/c1-4-12(5-2)10(15)13-11(16)14(12)8-6-7-9-17-3/h4-9H2,1-3H3,(H,13,15,16). The predicted molar refractivity (Wildman–Crippen MR) is 64.7 cm³/mol. The summed E-state index contributed by atoms with van der Waals surface area (Å²) in [4.78, 5) is 25.3. The molecule has 1 aliphatic heterocycles. The second-order valence-electron chi connectivity index (χ2n) is 4.35. The Labute approximate surface area is 102 Å². The molecule has 1 fully saturated rings. The molecule has 0 aliphatic carbocycles. The first kappa shape index (κ1) is 14.0. The number of amides is 3. The summed E-state index contributed by atoms with van der Waals surface area (Å²) >= 11 is 0. The Kier molecular flexibility index (Phi) is 4.93. The third-order valence-corrected chi connectivity index (χ3v) is 3.55. The number of urea groups is 1. The maximum Gasteiger partial charge on any atom is 0.325 e. The number of nitrogens with one attached hydrogen (secondary N) is 1. The highest BCUT2D eigenvalue weighted by atomic mass is 16.5. The number of nitrogens with zero attached hydrogens (tertiary/aromatic N) is 1. The van der Waals surface area contributed by atoms with Crippen LogP contribution in [0.2, 0.25) is 0 Å². The number of imide groups is 1. The van der Waals surface area contributed by atoms with Gasteiger partial charge in [-0.25, -0.2) is 4.79 Å². The molecule has 0 aromatic rings. The van der Waals surface area contributed by atoms with Crippen LogP contribution in [0.15, 0.2) is 0 Å². The van der Waals surface area contributed by atoms with Crippen LogP contribution in [0.1, 0.15) is 39.5 Å². The van der Waals surface area contributed by atoms with Gasteiger partial charge in [0.1, 0.15) is 5.54 Å². The molecule has 0 aromatic heterocycles. The first-order valence-electron chi connectivity index (χ1n) is 6.24. The summed E-state index contributed by atoms with van der Waals surface area (Å²) in [6.45, 7) is 5.20. The van der Waals surface area contributed by atoms with Crippen LogP contribution >= 0.6 is 0 Å². The van der Waals surface area contributed by atoms with Crippen LogP contribution in [-0.2, 0) is 9.53 Å². The molecule has 17 heavy (non-hydrogen) atoms. The quantitative estimate of drug-likeness (QED) is 0.544.